The summed E-state index contributed by atoms with van der Waals surface area (Å²) >= 11 is 0. The fourth-order valence-electron chi connectivity index (χ4n) is 2.16. The predicted octanol–water partition coefficient (Wildman–Crippen LogP) is 1.97. The zero-order chi connectivity index (χ0) is 16.2. The molecule has 7 nitrogen and oxygen atoms in total. The molecule has 2 aromatic heterocycles. The van der Waals surface area contributed by atoms with Crippen LogP contribution in [-0.4, -0.2) is 27.5 Å². The average Bonchev–Trinajstić information content (AvgIpc) is 2.56. The SMILES string of the molecule is CCOc1ncccc1C(=O)Nc1ccc2nc[nH]c(=O)c2c1. The zero-order valence-corrected chi connectivity index (χ0v) is 12.4. The van der Waals surface area contributed by atoms with Crippen LogP contribution in [-0.2, 0) is 0 Å². The van der Waals surface area contributed by atoms with Gasteiger partial charge < -0.3 is 15.0 Å². The number of rotatable bonds is 4. The van der Waals surface area contributed by atoms with Crippen LogP contribution in [0.1, 0.15) is 17.3 Å². The Morgan fingerprint density at radius 3 is 3.00 bits per heavy atom. The van der Waals surface area contributed by atoms with E-state index in [1.165, 1.54) is 6.33 Å². The molecular weight excluding hydrogens is 296 g/mol. The highest BCUT2D eigenvalue weighted by molar-refractivity contribution is 6.06. The van der Waals surface area contributed by atoms with Gasteiger partial charge in [-0.05, 0) is 37.3 Å². The average molecular weight is 310 g/mol. The van der Waals surface area contributed by atoms with E-state index >= 15 is 0 Å². The normalized spacial score (nSPS) is 10.5. The monoisotopic (exact) mass is 310 g/mol. The lowest BCUT2D eigenvalue weighted by Crippen LogP contribution is -2.15. The topological polar surface area (TPSA) is 97.0 Å². The molecule has 0 aliphatic carbocycles. The lowest BCUT2D eigenvalue weighted by Gasteiger charge is -2.09. The van der Waals surface area contributed by atoms with E-state index in [-0.39, 0.29) is 17.3 Å². The van der Waals surface area contributed by atoms with Gasteiger partial charge in [-0.25, -0.2) is 9.97 Å². The number of carbonyl (C=O) groups is 1. The van der Waals surface area contributed by atoms with Crippen LogP contribution < -0.4 is 15.6 Å². The molecule has 0 aliphatic rings. The molecule has 0 saturated heterocycles. The maximum absolute atomic E-state index is 12.4. The summed E-state index contributed by atoms with van der Waals surface area (Å²) in [6, 6.07) is 8.22. The Bertz CT molecular complexity index is 920. The summed E-state index contributed by atoms with van der Waals surface area (Å²) in [6.07, 6.45) is 2.90. The highest BCUT2D eigenvalue weighted by Crippen LogP contribution is 2.18. The van der Waals surface area contributed by atoms with Gasteiger partial charge in [0.15, 0.2) is 0 Å². The number of pyridine rings is 1. The number of fused-ring (bicyclic) bond motifs is 1. The highest BCUT2D eigenvalue weighted by Gasteiger charge is 2.14. The molecule has 0 radical (unpaired) electrons. The van der Waals surface area contributed by atoms with Gasteiger partial charge in [0, 0.05) is 11.9 Å². The number of nitrogens with zero attached hydrogens (tertiary/aromatic N) is 2. The summed E-state index contributed by atoms with van der Waals surface area (Å²) in [4.78, 5) is 34.8. The first-order chi connectivity index (χ1) is 11.2. The van der Waals surface area contributed by atoms with Crippen LogP contribution in [0.3, 0.4) is 0 Å². The summed E-state index contributed by atoms with van der Waals surface area (Å²) in [5.41, 5.74) is 1.12. The Balaban J connectivity index is 1.91. The standard InChI is InChI=1S/C16H14N4O3/c1-2-23-16-11(4-3-7-17-16)15(22)20-10-5-6-13-12(8-10)14(21)19-9-18-13/h3-9H,2H2,1H3,(H,20,22)(H,18,19,21). The summed E-state index contributed by atoms with van der Waals surface area (Å²) in [5, 5.41) is 3.14. The molecule has 7 heteroatoms. The quantitative estimate of drug-likeness (QED) is 0.768. The number of ether oxygens (including phenoxy) is 1. The van der Waals surface area contributed by atoms with E-state index < -0.39 is 0 Å². The Hall–Kier alpha value is -3.22. The molecule has 1 amide bonds. The van der Waals surface area contributed by atoms with E-state index in [4.69, 9.17) is 4.74 Å². The minimum atomic E-state index is -0.360. The number of anilines is 1. The number of hydrogen-bond acceptors (Lipinski definition) is 5. The number of benzene rings is 1. The lowest BCUT2D eigenvalue weighted by molar-refractivity contribution is 0.102. The Morgan fingerprint density at radius 2 is 2.17 bits per heavy atom. The van der Waals surface area contributed by atoms with Crippen LogP contribution in [0.4, 0.5) is 5.69 Å². The second kappa shape index (κ2) is 6.27. The summed E-state index contributed by atoms with van der Waals surface area (Å²) < 4.78 is 5.35. The molecule has 3 aromatic rings. The molecule has 1 aromatic carbocycles. The molecule has 0 unspecified atom stereocenters. The third-order valence-corrected chi connectivity index (χ3v) is 3.20. The van der Waals surface area contributed by atoms with Crippen LogP contribution in [0.5, 0.6) is 5.88 Å². The number of nitrogens with one attached hydrogen (secondary N) is 2. The van der Waals surface area contributed by atoms with Crippen molar-refractivity contribution in [2.75, 3.05) is 11.9 Å². The molecule has 0 fully saturated rings. The van der Waals surface area contributed by atoms with Gasteiger partial charge in [-0.15, -0.1) is 0 Å². The van der Waals surface area contributed by atoms with Gasteiger partial charge in [0.1, 0.15) is 5.56 Å². The minimum Gasteiger partial charge on any atom is -0.477 e. The minimum absolute atomic E-state index is 0.262. The van der Waals surface area contributed by atoms with E-state index in [9.17, 15) is 9.59 Å². The van der Waals surface area contributed by atoms with Crippen molar-refractivity contribution in [1.82, 2.24) is 15.0 Å². The Kier molecular flexibility index (Phi) is 4.01. The van der Waals surface area contributed by atoms with Crippen molar-refractivity contribution in [3.05, 3.63) is 58.8 Å². The molecule has 0 spiro atoms. The molecule has 0 bridgehead atoms. The third-order valence-electron chi connectivity index (χ3n) is 3.20. The highest BCUT2D eigenvalue weighted by atomic mass is 16.5. The van der Waals surface area contributed by atoms with Crippen LogP contribution >= 0.6 is 0 Å². The van der Waals surface area contributed by atoms with Crippen molar-refractivity contribution in [1.29, 1.82) is 0 Å². The van der Waals surface area contributed by atoms with Crippen molar-refractivity contribution in [2.45, 2.75) is 6.92 Å². The van der Waals surface area contributed by atoms with Gasteiger partial charge in [-0.2, -0.15) is 0 Å². The lowest BCUT2D eigenvalue weighted by atomic mass is 10.2. The van der Waals surface area contributed by atoms with Gasteiger partial charge in [-0.1, -0.05) is 0 Å². The van der Waals surface area contributed by atoms with Crippen LogP contribution in [0.15, 0.2) is 47.7 Å². The molecule has 116 valence electrons. The second-order valence-corrected chi connectivity index (χ2v) is 4.71. The number of carbonyl (C=O) groups excluding carboxylic acids is 1. The maximum atomic E-state index is 12.4. The summed E-state index contributed by atoms with van der Waals surface area (Å²) in [5.74, 6) is -0.0889. The maximum Gasteiger partial charge on any atom is 0.261 e. The van der Waals surface area contributed by atoms with Gasteiger partial charge >= 0.3 is 0 Å². The zero-order valence-electron chi connectivity index (χ0n) is 12.4. The molecule has 2 heterocycles. The van der Waals surface area contributed by atoms with Gasteiger partial charge in [0.25, 0.3) is 11.5 Å². The fraction of sp³-hybridized carbons (Fsp3) is 0.125. The van der Waals surface area contributed by atoms with Crippen LogP contribution in [0.25, 0.3) is 10.9 Å². The van der Waals surface area contributed by atoms with E-state index in [2.05, 4.69) is 20.3 Å². The number of aromatic amines is 1. The van der Waals surface area contributed by atoms with E-state index in [1.807, 2.05) is 6.92 Å². The number of H-pyrrole nitrogens is 1. The number of hydrogen-bond donors (Lipinski definition) is 2. The van der Waals surface area contributed by atoms with Crippen molar-refractivity contribution in [2.24, 2.45) is 0 Å². The molecule has 23 heavy (non-hydrogen) atoms. The largest absolute Gasteiger partial charge is 0.477 e. The van der Waals surface area contributed by atoms with E-state index in [1.54, 1.807) is 36.5 Å². The van der Waals surface area contributed by atoms with Gasteiger partial charge in [0.05, 0.1) is 23.8 Å². The Labute approximate surface area is 131 Å². The fourth-order valence-corrected chi connectivity index (χ4v) is 2.16. The van der Waals surface area contributed by atoms with E-state index in [0.29, 0.717) is 28.8 Å². The van der Waals surface area contributed by atoms with Crippen molar-refractivity contribution in [3.8, 4) is 5.88 Å². The summed E-state index contributed by atoms with van der Waals surface area (Å²) in [7, 11) is 0. The first-order valence-corrected chi connectivity index (χ1v) is 7.05. The number of aromatic nitrogens is 3. The second-order valence-electron chi connectivity index (χ2n) is 4.71. The number of amides is 1. The molecular formula is C16H14N4O3. The molecule has 3 rings (SSSR count). The van der Waals surface area contributed by atoms with Gasteiger partial charge in [0.2, 0.25) is 5.88 Å². The smallest absolute Gasteiger partial charge is 0.261 e. The summed E-state index contributed by atoms with van der Waals surface area (Å²) in [6.45, 7) is 2.23. The van der Waals surface area contributed by atoms with Crippen LogP contribution in [0.2, 0.25) is 0 Å². The molecule has 0 aliphatic heterocycles. The van der Waals surface area contributed by atoms with E-state index in [0.717, 1.165) is 0 Å². The van der Waals surface area contributed by atoms with Crippen molar-refractivity contribution in [3.63, 3.8) is 0 Å². The third kappa shape index (κ3) is 3.03. The molecule has 0 saturated carbocycles. The van der Waals surface area contributed by atoms with Crippen molar-refractivity contribution < 1.29 is 9.53 Å². The Morgan fingerprint density at radius 1 is 1.30 bits per heavy atom. The predicted molar refractivity (Wildman–Crippen MR) is 85.7 cm³/mol. The first-order valence-electron chi connectivity index (χ1n) is 7.05. The molecule has 0 atom stereocenters. The molecule has 2 N–H and O–H groups in total. The first kappa shape index (κ1) is 14.7. The van der Waals surface area contributed by atoms with Gasteiger partial charge in [-0.3, -0.25) is 9.59 Å². The van der Waals surface area contributed by atoms with Crippen LogP contribution in [0, 0.1) is 0 Å². The van der Waals surface area contributed by atoms with Crippen molar-refractivity contribution >= 4 is 22.5 Å².